The average molecular weight is 421 g/mol. The molecule has 1 heterocycles. The van der Waals surface area contributed by atoms with Crippen LogP contribution in [0.1, 0.15) is 50.4 Å². The molecule has 5 nitrogen and oxygen atoms in total. The van der Waals surface area contributed by atoms with E-state index in [1.54, 1.807) is 17.0 Å². The predicted molar refractivity (Wildman–Crippen MR) is 125 cm³/mol. The lowest BCUT2D eigenvalue weighted by Gasteiger charge is -2.28. The predicted octanol–water partition coefficient (Wildman–Crippen LogP) is 4.92. The fraction of sp³-hybridized carbons (Fsp3) is 0.385. The summed E-state index contributed by atoms with van der Waals surface area (Å²) >= 11 is 0. The van der Waals surface area contributed by atoms with Gasteiger partial charge in [-0.05, 0) is 44.4 Å². The molecule has 0 spiro atoms. The lowest BCUT2D eigenvalue weighted by atomic mass is 9.94. The molecule has 0 saturated carbocycles. The van der Waals surface area contributed by atoms with E-state index in [4.69, 9.17) is 0 Å². The van der Waals surface area contributed by atoms with Crippen LogP contribution >= 0.6 is 0 Å². The third-order valence-corrected chi connectivity index (χ3v) is 5.76. The summed E-state index contributed by atoms with van der Waals surface area (Å²) in [5.74, 6) is -1.12. The second-order valence-electron chi connectivity index (χ2n) is 8.48. The third kappa shape index (κ3) is 4.50. The molecule has 5 heteroatoms. The topological polar surface area (TPSA) is 60.9 Å². The molecule has 2 aromatic carbocycles. The fourth-order valence-corrected chi connectivity index (χ4v) is 4.13. The second kappa shape index (κ2) is 9.38. The first-order chi connectivity index (χ1) is 14.8. The van der Waals surface area contributed by atoms with E-state index in [1.807, 2.05) is 57.2 Å². The van der Waals surface area contributed by atoms with Gasteiger partial charge in [0.25, 0.3) is 11.7 Å². The van der Waals surface area contributed by atoms with Gasteiger partial charge in [-0.25, -0.2) is 0 Å². The van der Waals surface area contributed by atoms with Crippen LogP contribution < -0.4 is 4.90 Å². The highest BCUT2D eigenvalue weighted by atomic mass is 16.3. The van der Waals surface area contributed by atoms with Crippen molar-refractivity contribution in [2.45, 2.75) is 40.7 Å². The second-order valence-corrected chi connectivity index (χ2v) is 8.48. The van der Waals surface area contributed by atoms with E-state index >= 15 is 0 Å². The number of anilines is 1. The first-order valence-electron chi connectivity index (χ1n) is 11.0. The molecule has 164 valence electrons. The van der Waals surface area contributed by atoms with Crippen LogP contribution in [0.2, 0.25) is 0 Å². The summed E-state index contributed by atoms with van der Waals surface area (Å²) in [5, 5.41) is 11.1. The van der Waals surface area contributed by atoms with E-state index in [0.29, 0.717) is 12.1 Å². The summed E-state index contributed by atoms with van der Waals surface area (Å²) in [4.78, 5) is 29.8. The van der Waals surface area contributed by atoms with E-state index in [9.17, 15) is 14.7 Å². The molecule has 1 fully saturated rings. The molecule has 2 aromatic rings. The largest absolute Gasteiger partial charge is 0.507 e. The summed E-state index contributed by atoms with van der Waals surface area (Å²) in [6, 6.07) is 14.7. The Kier molecular flexibility index (Phi) is 6.84. The number of amides is 1. The van der Waals surface area contributed by atoms with Crippen molar-refractivity contribution in [3.8, 4) is 0 Å². The summed E-state index contributed by atoms with van der Waals surface area (Å²) < 4.78 is 0. The number of carbonyl (C=O) groups is 2. The molecule has 0 unspecified atom stereocenters. The normalized spacial score (nSPS) is 18.1. The lowest BCUT2D eigenvalue weighted by molar-refractivity contribution is -0.140. The monoisotopic (exact) mass is 420 g/mol. The van der Waals surface area contributed by atoms with E-state index in [1.165, 1.54) is 0 Å². The molecule has 1 atom stereocenters. The van der Waals surface area contributed by atoms with Gasteiger partial charge in [0, 0.05) is 30.9 Å². The molecule has 1 saturated heterocycles. The Labute approximate surface area is 185 Å². The van der Waals surface area contributed by atoms with Crippen molar-refractivity contribution in [2.75, 3.05) is 24.5 Å². The van der Waals surface area contributed by atoms with Gasteiger partial charge >= 0.3 is 0 Å². The van der Waals surface area contributed by atoms with Gasteiger partial charge in [0.2, 0.25) is 0 Å². The Morgan fingerprint density at radius 2 is 1.58 bits per heavy atom. The molecular weight excluding hydrogens is 388 g/mol. The zero-order valence-electron chi connectivity index (χ0n) is 19.1. The number of aliphatic hydroxyl groups excluding tert-OH is 1. The highest BCUT2D eigenvalue weighted by molar-refractivity contribution is 6.46. The number of nitrogens with zero attached hydrogens (tertiary/aromatic N) is 2. The van der Waals surface area contributed by atoms with Gasteiger partial charge in [0.1, 0.15) is 5.76 Å². The van der Waals surface area contributed by atoms with Crippen LogP contribution in [0.15, 0.2) is 54.1 Å². The minimum Gasteiger partial charge on any atom is -0.507 e. The van der Waals surface area contributed by atoms with Gasteiger partial charge in [0.05, 0.1) is 11.6 Å². The number of hydrogen-bond acceptors (Lipinski definition) is 4. The maximum absolute atomic E-state index is 13.0. The number of aryl methyl sites for hydroxylation is 1. The first-order valence-corrected chi connectivity index (χ1v) is 11.0. The summed E-state index contributed by atoms with van der Waals surface area (Å²) in [6.07, 6.45) is 0. The number of Topliss-reactive ketones (excluding diaryl/α,β-unsaturated/α-hetero) is 1. The molecule has 3 rings (SSSR count). The van der Waals surface area contributed by atoms with Crippen molar-refractivity contribution in [3.05, 3.63) is 70.8 Å². The molecule has 0 radical (unpaired) electrons. The van der Waals surface area contributed by atoms with Crippen LogP contribution in [0.3, 0.4) is 0 Å². The van der Waals surface area contributed by atoms with Crippen molar-refractivity contribution < 1.29 is 14.7 Å². The van der Waals surface area contributed by atoms with Crippen LogP contribution in [-0.2, 0) is 9.59 Å². The maximum atomic E-state index is 13.0. The van der Waals surface area contributed by atoms with Crippen LogP contribution in [0.4, 0.5) is 5.69 Å². The van der Waals surface area contributed by atoms with Crippen LogP contribution in [-0.4, -0.2) is 41.3 Å². The van der Waals surface area contributed by atoms with E-state index in [2.05, 4.69) is 18.7 Å². The van der Waals surface area contributed by atoms with Crippen molar-refractivity contribution in [3.63, 3.8) is 0 Å². The number of rotatable bonds is 7. The summed E-state index contributed by atoms with van der Waals surface area (Å²) in [5.41, 5.74) is 3.67. The zero-order chi connectivity index (χ0) is 22.7. The number of carbonyl (C=O) groups excluding carboxylic acids is 2. The van der Waals surface area contributed by atoms with Crippen LogP contribution in [0.5, 0.6) is 0 Å². The number of likely N-dealkylation sites (tertiary alicyclic amines) is 1. The van der Waals surface area contributed by atoms with Gasteiger partial charge in [-0.3, -0.25) is 9.59 Å². The van der Waals surface area contributed by atoms with Gasteiger partial charge in [0.15, 0.2) is 0 Å². The molecule has 0 aromatic heterocycles. The van der Waals surface area contributed by atoms with Gasteiger partial charge in [-0.2, -0.15) is 0 Å². The SMILES string of the molecule is CCN(CC)c1ccc([C@H]2C(=C(O)c3ccc(C)cc3)C(=O)C(=O)N2CC(C)C)cc1. The smallest absolute Gasteiger partial charge is 0.295 e. The van der Waals surface area contributed by atoms with E-state index < -0.39 is 17.7 Å². The molecule has 1 aliphatic rings. The minimum atomic E-state index is -0.628. The fourth-order valence-electron chi connectivity index (χ4n) is 4.13. The molecule has 1 aliphatic heterocycles. The van der Waals surface area contributed by atoms with Crippen molar-refractivity contribution in [1.82, 2.24) is 4.90 Å². The Bertz CT molecular complexity index is 971. The Morgan fingerprint density at radius 1 is 1.00 bits per heavy atom. The molecule has 0 aliphatic carbocycles. The Morgan fingerprint density at radius 3 is 2.10 bits per heavy atom. The first kappa shape index (κ1) is 22.6. The molecule has 31 heavy (non-hydrogen) atoms. The Hall–Kier alpha value is -3.08. The highest BCUT2D eigenvalue weighted by Gasteiger charge is 2.46. The molecule has 1 N–H and O–H groups in total. The maximum Gasteiger partial charge on any atom is 0.295 e. The van der Waals surface area contributed by atoms with E-state index in [0.717, 1.165) is 29.9 Å². The van der Waals surface area contributed by atoms with Crippen molar-refractivity contribution >= 4 is 23.1 Å². The highest BCUT2D eigenvalue weighted by Crippen LogP contribution is 2.40. The standard InChI is InChI=1S/C26H32N2O3/c1-6-27(7-2)21-14-12-19(13-15-21)23-22(24(29)20-10-8-18(5)9-11-20)25(30)26(31)28(23)16-17(3)4/h8-15,17,23,29H,6-7,16H2,1-5H3/t23-/m0/s1. The number of aliphatic hydroxyl groups is 1. The third-order valence-electron chi connectivity index (χ3n) is 5.76. The van der Waals surface area contributed by atoms with Crippen molar-refractivity contribution in [1.29, 1.82) is 0 Å². The molecule has 0 bridgehead atoms. The Balaban J connectivity index is 2.12. The van der Waals surface area contributed by atoms with Gasteiger partial charge < -0.3 is 14.9 Å². The quantitative estimate of drug-likeness (QED) is 0.392. The number of ketones is 1. The average Bonchev–Trinajstić information content (AvgIpc) is 2.99. The zero-order valence-corrected chi connectivity index (χ0v) is 19.1. The minimum absolute atomic E-state index is 0.123. The van der Waals surface area contributed by atoms with Gasteiger partial charge in [-0.1, -0.05) is 55.8 Å². The summed E-state index contributed by atoms with van der Waals surface area (Å²) in [6.45, 7) is 12.4. The number of hydrogen-bond donors (Lipinski definition) is 1. The molecular formula is C26H32N2O3. The van der Waals surface area contributed by atoms with Crippen molar-refractivity contribution in [2.24, 2.45) is 5.92 Å². The molecule has 1 amide bonds. The van der Waals surface area contributed by atoms with Crippen LogP contribution in [0, 0.1) is 12.8 Å². The van der Waals surface area contributed by atoms with Crippen LogP contribution in [0.25, 0.3) is 5.76 Å². The van der Waals surface area contributed by atoms with E-state index in [-0.39, 0.29) is 17.3 Å². The lowest BCUT2D eigenvalue weighted by Crippen LogP contribution is -2.33. The number of benzene rings is 2. The summed E-state index contributed by atoms with van der Waals surface area (Å²) in [7, 11) is 0. The van der Waals surface area contributed by atoms with Gasteiger partial charge in [-0.15, -0.1) is 0 Å².